The molecule has 0 spiro atoms. The van der Waals surface area contributed by atoms with Crippen LogP contribution < -0.4 is 5.32 Å². The van der Waals surface area contributed by atoms with Crippen molar-refractivity contribution in [3.63, 3.8) is 0 Å². The van der Waals surface area contributed by atoms with Gasteiger partial charge >= 0.3 is 0 Å². The van der Waals surface area contributed by atoms with Gasteiger partial charge in [-0.2, -0.15) is 0 Å². The maximum absolute atomic E-state index is 11.9. The first kappa shape index (κ1) is 14.7. The Bertz CT molecular complexity index is 607. The fourth-order valence-corrected chi connectivity index (χ4v) is 2.54. The summed E-state index contributed by atoms with van der Waals surface area (Å²) in [6, 6.07) is 5.99. The van der Waals surface area contributed by atoms with Gasteiger partial charge in [0.15, 0.2) is 5.16 Å². The number of aromatic nitrogens is 2. The van der Waals surface area contributed by atoms with Crippen LogP contribution in [-0.4, -0.2) is 21.6 Å². The lowest BCUT2D eigenvalue weighted by Gasteiger charge is -2.08. The second-order valence-electron chi connectivity index (χ2n) is 4.72. The summed E-state index contributed by atoms with van der Waals surface area (Å²) in [5.74, 6) is 0.334. The fourth-order valence-electron chi connectivity index (χ4n) is 1.87. The lowest BCUT2D eigenvalue weighted by molar-refractivity contribution is -0.113. The number of nitrogens with one attached hydrogen (secondary N) is 2. The van der Waals surface area contributed by atoms with Crippen LogP contribution in [0.4, 0.5) is 5.69 Å². The molecule has 1 aromatic heterocycles. The lowest BCUT2D eigenvalue weighted by atomic mass is 10.1. The highest BCUT2D eigenvalue weighted by Gasteiger charge is 2.07. The number of aryl methyl sites for hydroxylation is 3. The first-order valence-corrected chi connectivity index (χ1v) is 7.61. The van der Waals surface area contributed by atoms with Gasteiger partial charge in [-0.25, -0.2) is 4.98 Å². The van der Waals surface area contributed by atoms with E-state index in [0.29, 0.717) is 5.75 Å². The first-order valence-electron chi connectivity index (χ1n) is 6.62. The number of nitrogens with zero attached hydrogens (tertiary/aromatic N) is 1. The third-order valence-electron chi connectivity index (χ3n) is 2.98. The van der Waals surface area contributed by atoms with Crippen molar-refractivity contribution >= 4 is 23.4 Å². The van der Waals surface area contributed by atoms with E-state index in [-0.39, 0.29) is 5.91 Å². The highest BCUT2D eigenvalue weighted by molar-refractivity contribution is 7.99. The van der Waals surface area contributed by atoms with Gasteiger partial charge in [-0.3, -0.25) is 4.79 Å². The predicted octanol–water partition coefficient (Wildman–Crippen LogP) is 3.32. The molecule has 106 valence electrons. The Kier molecular flexibility index (Phi) is 4.84. The number of hydrogen-bond donors (Lipinski definition) is 2. The minimum Gasteiger partial charge on any atom is -0.337 e. The molecule has 0 radical (unpaired) electrons. The molecule has 1 amide bonds. The number of amides is 1. The van der Waals surface area contributed by atoms with Crippen LogP contribution in [0, 0.1) is 13.8 Å². The van der Waals surface area contributed by atoms with Crippen LogP contribution >= 0.6 is 11.8 Å². The van der Waals surface area contributed by atoms with Crippen LogP contribution in [0.15, 0.2) is 29.6 Å². The Balaban J connectivity index is 1.89. The summed E-state index contributed by atoms with van der Waals surface area (Å²) in [4.78, 5) is 19.3. The van der Waals surface area contributed by atoms with Gasteiger partial charge in [0, 0.05) is 17.6 Å². The number of imidazole rings is 1. The molecule has 0 saturated carbocycles. The summed E-state index contributed by atoms with van der Waals surface area (Å²) in [7, 11) is 0. The number of benzene rings is 1. The molecule has 0 bridgehead atoms. The van der Waals surface area contributed by atoms with Gasteiger partial charge in [0.25, 0.3) is 0 Å². The van der Waals surface area contributed by atoms with Crippen molar-refractivity contribution in [2.45, 2.75) is 32.3 Å². The molecule has 0 unspecified atom stereocenters. The number of thioether (sulfide) groups is 1. The topological polar surface area (TPSA) is 57.8 Å². The van der Waals surface area contributed by atoms with E-state index in [0.717, 1.165) is 28.5 Å². The van der Waals surface area contributed by atoms with E-state index in [1.165, 1.54) is 17.3 Å². The van der Waals surface area contributed by atoms with Crippen LogP contribution in [0.1, 0.15) is 23.7 Å². The van der Waals surface area contributed by atoms with Crippen LogP contribution in [0.5, 0.6) is 0 Å². The second kappa shape index (κ2) is 6.61. The molecule has 2 N–H and O–H groups in total. The van der Waals surface area contributed by atoms with Crippen molar-refractivity contribution in [1.29, 1.82) is 0 Å². The summed E-state index contributed by atoms with van der Waals surface area (Å²) in [6.07, 6.45) is 2.73. The van der Waals surface area contributed by atoms with E-state index in [1.54, 1.807) is 0 Å². The molecule has 2 aromatic rings. The first-order chi connectivity index (χ1) is 9.58. The minimum absolute atomic E-state index is 0.0172. The van der Waals surface area contributed by atoms with Gasteiger partial charge < -0.3 is 10.3 Å². The fraction of sp³-hybridized carbons (Fsp3) is 0.333. The Morgan fingerprint density at radius 1 is 1.40 bits per heavy atom. The van der Waals surface area contributed by atoms with Crippen molar-refractivity contribution in [3.05, 3.63) is 41.2 Å². The Hall–Kier alpha value is -1.75. The third-order valence-corrected chi connectivity index (χ3v) is 3.87. The minimum atomic E-state index is -0.0172. The lowest BCUT2D eigenvalue weighted by Crippen LogP contribution is -2.15. The number of carbonyl (C=O) groups is 1. The maximum Gasteiger partial charge on any atom is 0.234 e. The molecule has 1 heterocycles. The second-order valence-corrected chi connectivity index (χ2v) is 5.69. The van der Waals surface area contributed by atoms with E-state index >= 15 is 0 Å². The number of aromatic amines is 1. The highest BCUT2D eigenvalue weighted by Crippen LogP contribution is 2.18. The average Bonchev–Trinajstić information content (AvgIpc) is 2.88. The third kappa shape index (κ3) is 3.87. The van der Waals surface area contributed by atoms with E-state index < -0.39 is 0 Å². The van der Waals surface area contributed by atoms with Crippen molar-refractivity contribution in [2.24, 2.45) is 0 Å². The van der Waals surface area contributed by atoms with Crippen molar-refractivity contribution in [3.8, 4) is 0 Å². The number of H-pyrrole nitrogens is 1. The SMILES string of the molecule is CCc1cnc(SCC(=O)Nc2ccc(C)cc2C)[nH]1. The molecular formula is C15H19N3OS. The number of carbonyl (C=O) groups excluding carboxylic acids is 1. The largest absolute Gasteiger partial charge is 0.337 e. The number of anilines is 1. The number of hydrogen-bond acceptors (Lipinski definition) is 3. The number of rotatable bonds is 5. The molecule has 0 aliphatic heterocycles. The predicted molar refractivity (Wildman–Crippen MR) is 83.2 cm³/mol. The average molecular weight is 289 g/mol. The smallest absolute Gasteiger partial charge is 0.234 e. The molecular weight excluding hydrogens is 270 g/mol. The molecule has 20 heavy (non-hydrogen) atoms. The molecule has 0 saturated heterocycles. The van der Waals surface area contributed by atoms with Crippen LogP contribution in [0.3, 0.4) is 0 Å². The van der Waals surface area contributed by atoms with Crippen LogP contribution in [0.25, 0.3) is 0 Å². The zero-order valence-electron chi connectivity index (χ0n) is 12.0. The van der Waals surface area contributed by atoms with Gasteiger partial charge in [-0.1, -0.05) is 36.4 Å². The Morgan fingerprint density at radius 2 is 2.20 bits per heavy atom. The zero-order valence-corrected chi connectivity index (χ0v) is 12.8. The summed E-state index contributed by atoms with van der Waals surface area (Å²) in [5, 5.41) is 3.72. The summed E-state index contributed by atoms with van der Waals surface area (Å²) in [5.41, 5.74) is 4.23. The normalized spacial score (nSPS) is 10.6. The monoisotopic (exact) mass is 289 g/mol. The van der Waals surface area contributed by atoms with Crippen LogP contribution in [0.2, 0.25) is 0 Å². The molecule has 0 atom stereocenters. The molecule has 0 aliphatic rings. The van der Waals surface area contributed by atoms with Gasteiger partial charge in [-0.15, -0.1) is 0 Å². The maximum atomic E-state index is 11.9. The van der Waals surface area contributed by atoms with Crippen LogP contribution in [-0.2, 0) is 11.2 Å². The molecule has 2 rings (SSSR count). The molecule has 0 fully saturated rings. The summed E-state index contributed by atoms with van der Waals surface area (Å²) >= 11 is 1.41. The van der Waals surface area contributed by atoms with Crippen molar-refractivity contribution in [2.75, 3.05) is 11.1 Å². The quantitative estimate of drug-likeness (QED) is 0.830. The van der Waals surface area contributed by atoms with E-state index in [4.69, 9.17) is 0 Å². The van der Waals surface area contributed by atoms with E-state index in [9.17, 15) is 4.79 Å². The highest BCUT2D eigenvalue weighted by atomic mass is 32.2. The Morgan fingerprint density at radius 3 is 2.85 bits per heavy atom. The van der Waals surface area contributed by atoms with Crippen molar-refractivity contribution in [1.82, 2.24) is 9.97 Å². The summed E-state index contributed by atoms with van der Waals surface area (Å²) < 4.78 is 0. The molecule has 4 nitrogen and oxygen atoms in total. The van der Waals surface area contributed by atoms with Crippen molar-refractivity contribution < 1.29 is 4.79 Å². The Labute approximate surface area is 123 Å². The van der Waals surface area contributed by atoms with Gasteiger partial charge in [0.05, 0.1) is 5.75 Å². The van der Waals surface area contributed by atoms with E-state index in [2.05, 4.69) is 28.3 Å². The van der Waals surface area contributed by atoms with Gasteiger partial charge in [0.1, 0.15) is 0 Å². The zero-order chi connectivity index (χ0) is 14.5. The van der Waals surface area contributed by atoms with Gasteiger partial charge in [0.2, 0.25) is 5.91 Å². The van der Waals surface area contributed by atoms with E-state index in [1.807, 2.05) is 32.2 Å². The summed E-state index contributed by atoms with van der Waals surface area (Å²) in [6.45, 7) is 6.10. The molecule has 5 heteroatoms. The van der Waals surface area contributed by atoms with Gasteiger partial charge in [-0.05, 0) is 31.9 Å². The molecule has 1 aromatic carbocycles. The molecule has 0 aliphatic carbocycles. The standard InChI is InChI=1S/C15H19N3OS/c1-4-12-8-16-15(17-12)20-9-14(19)18-13-6-5-10(2)7-11(13)3/h5-8H,4,9H2,1-3H3,(H,16,17)(H,18,19).